The molecule has 0 aromatic heterocycles. The Labute approximate surface area is 374 Å². The Bertz CT molecular complexity index is 2080. The summed E-state index contributed by atoms with van der Waals surface area (Å²) in [6.45, 7) is 20.6. The van der Waals surface area contributed by atoms with Crippen LogP contribution in [-0.4, -0.2) is 70.4 Å². The topological polar surface area (TPSA) is 91.4 Å². The van der Waals surface area contributed by atoms with E-state index in [9.17, 15) is 13.2 Å². The Morgan fingerprint density at radius 2 is 1.58 bits per heavy atom. The first kappa shape index (κ1) is 46.0. The number of benzene rings is 2. The molecule has 1 saturated heterocycles. The Kier molecular flexibility index (Phi) is 12.4. The van der Waals surface area contributed by atoms with Crippen molar-refractivity contribution in [2.75, 3.05) is 34.0 Å². The van der Waals surface area contributed by atoms with Crippen LogP contribution in [0.2, 0.25) is 0 Å². The lowest BCUT2D eigenvalue weighted by Gasteiger charge is -2.71. The maximum Gasteiger partial charge on any atom is 0.310 e. The van der Waals surface area contributed by atoms with Gasteiger partial charge in [0.15, 0.2) is 0 Å². The van der Waals surface area contributed by atoms with Crippen LogP contribution < -0.4 is 0 Å². The number of nitrogens with zero attached hydrogens (tertiary/aromatic N) is 1. The summed E-state index contributed by atoms with van der Waals surface area (Å²) in [6, 6.07) is 17.3. The number of sulfonamides is 1. The summed E-state index contributed by atoms with van der Waals surface area (Å²) in [7, 11) is -0.151. The van der Waals surface area contributed by atoms with Crippen LogP contribution in [-0.2, 0) is 40.4 Å². The highest BCUT2D eigenvalue weighted by molar-refractivity contribution is 7.89. The smallest absolute Gasteiger partial charge is 0.310 e. The molecule has 4 saturated carbocycles. The zero-order chi connectivity index (χ0) is 44.5. The van der Waals surface area contributed by atoms with Gasteiger partial charge in [-0.15, -0.1) is 0 Å². The third-order valence-corrected chi connectivity index (χ3v) is 21.2. The average molecular weight is 872 g/mol. The highest BCUT2D eigenvalue weighted by Gasteiger charge is 2.72. The van der Waals surface area contributed by atoms with Crippen molar-refractivity contribution < 1.29 is 32.2 Å². The summed E-state index contributed by atoms with van der Waals surface area (Å²) in [5, 5.41) is 0. The van der Waals surface area contributed by atoms with Crippen LogP contribution in [0.3, 0.4) is 0 Å². The van der Waals surface area contributed by atoms with Gasteiger partial charge >= 0.3 is 5.97 Å². The summed E-state index contributed by atoms with van der Waals surface area (Å²) >= 11 is 0. The molecular weight excluding hydrogens is 795 g/mol. The minimum absolute atomic E-state index is 0.0419. The molecule has 2 aromatic carbocycles. The van der Waals surface area contributed by atoms with Crippen molar-refractivity contribution in [2.24, 2.45) is 56.7 Å². The highest BCUT2D eigenvalue weighted by atomic mass is 32.2. The number of likely N-dealkylation sites (N-methyl/N-ethyl adjacent to an activating group) is 1. The van der Waals surface area contributed by atoms with Crippen LogP contribution in [0.25, 0.3) is 0 Å². The first-order valence-electron chi connectivity index (χ1n) is 24.0. The normalized spacial score (nSPS) is 38.3. The number of carbonyl (C=O) groups is 1. The second-order valence-corrected chi connectivity index (χ2v) is 24.4. The van der Waals surface area contributed by atoms with Gasteiger partial charge in [0.05, 0.1) is 48.4 Å². The van der Waals surface area contributed by atoms with Crippen molar-refractivity contribution in [2.45, 2.75) is 155 Å². The molecule has 342 valence electrons. The fraction of sp³-hybridized carbons (Fsp3) is 0.717. The minimum Gasteiger partial charge on any atom is -0.461 e. The number of carbonyl (C=O) groups excluding carboxylic acids is 1. The molecule has 62 heavy (non-hydrogen) atoms. The largest absolute Gasteiger partial charge is 0.461 e. The summed E-state index contributed by atoms with van der Waals surface area (Å²) in [5.41, 5.74) is 1.78. The molecule has 1 aliphatic heterocycles. The van der Waals surface area contributed by atoms with Crippen molar-refractivity contribution >= 4 is 16.0 Å². The van der Waals surface area contributed by atoms with E-state index < -0.39 is 15.6 Å². The second-order valence-electron chi connectivity index (χ2n) is 22.4. The number of esters is 1. The molecule has 9 heteroatoms. The van der Waals surface area contributed by atoms with E-state index in [1.165, 1.54) is 5.57 Å². The van der Waals surface area contributed by atoms with Crippen molar-refractivity contribution in [3.63, 3.8) is 0 Å². The third kappa shape index (κ3) is 7.11. The van der Waals surface area contributed by atoms with Gasteiger partial charge in [-0.3, -0.25) is 4.79 Å². The number of aryl methyl sites for hydroxylation is 1. The molecule has 0 N–H and O–H groups in total. The van der Waals surface area contributed by atoms with Gasteiger partial charge in [-0.1, -0.05) is 127 Å². The fourth-order valence-electron chi connectivity index (χ4n) is 15.0. The molecule has 11 atom stereocenters. The molecule has 8 rings (SSSR count). The fourth-order valence-corrected chi connectivity index (χ4v) is 16.5. The number of hydrogen-bond acceptors (Lipinski definition) is 7. The van der Waals surface area contributed by atoms with Gasteiger partial charge < -0.3 is 18.9 Å². The van der Waals surface area contributed by atoms with Crippen LogP contribution in [0.5, 0.6) is 0 Å². The zero-order valence-corrected chi connectivity index (χ0v) is 40.5. The van der Waals surface area contributed by atoms with E-state index in [-0.39, 0.29) is 51.2 Å². The Morgan fingerprint density at radius 1 is 0.887 bits per heavy atom. The molecule has 5 aliphatic carbocycles. The number of ether oxygens (including phenoxy) is 4. The first-order valence-corrected chi connectivity index (χ1v) is 25.5. The summed E-state index contributed by atoms with van der Waals surface area (Å²) in [6.07, 6.45) is 12.5. The van der Waals surface area contributed by atoms with Gasteiger partial charge in [-0.25, -0.2) is 8.42 Å². The van der Waals surface area contributed by atoms with Crippen LogP contribution in [0.4, 0.5) is 0 Å². The molecule has 1 heterocycles. The van der Waals surface area contributed by atoms with Crippen LogP contribution in [0.1, 0.15) is 130 Å². The standard InChI is InChI=1S/C53H77NO7S/c1-36(2)38(4)48(5)29-30-50(7)41-23-24-44-49(6)33-59-35-53(44,42(41)25-28-51(50,8)45(48)47(55)60-32-39-17-13-11-14-18-39)31-43(58-10)46(49)61-34-52(26-15-12-16-27-52)54(9)62(56,57)40-21-19-37(3)20-22-40/h11,13-14,17-22,25,36,38,41,43-46H,12,15-16,23-24,26-35H2,1-10H3/t38-,41+,43-,44+,45-,46+,48-,49+,50-,51+,53+/m1/s1. The Morgan fingerprint density at radius 3 is 2.24 bits per heavy atom. The Hall–Kier alpha value is -2.56. The van der Waals surface area contributed by atoms with Crippen molar-refractivity contribution in [1.29, 1.82) is 0 Å². The van der Waals surface area contributed by atoms with E-state index in [0.717, 1.165) is 81.8 Å². The summed E-state index contributed by atoms with van der Waals surface area (Å²) < 4.78 is 57.2. The van der Waals surface area contributed by atoms with Gasteiger partial charge in [0.25, 0.3) is 0 Å². The number of rotatable bonds is 12. The molecule has 8 nitrogen and oxygen atoms in total. The number of allylic oxidation sites excluding steroid dienone is 1. The van der Waals surface area contributed by atoms with Gasteiger partial charge in [-0.2, -0.15) is 4.31 Å². The number of methoxy groups -OCH3 is 1. The molecule has 0 amide bonds. The lowest BCUT2D eigenvalue weighted by molar-refractivity contribution is -0.271. The highest BCUT2D eigenvalue weighted by Crippen LogP contribution is 2.75. The van der Waals surface area contributed by atoms with Crippen molar-refractivity contribution in [3.05, 3.63) is 77.4 Å². The predicted octanol–water partition coefficient (Wildman–Crippen LogP) is 11.0. The van der Waals surface area contributed by atoms with E-state index in [1.54, 1.807) is 23.5 Å². The maximum atomic E-state index is 14.9. The van der Waals surface area contributed by atoms with Crippen LogP contribution in [0.15, 0.2) is 71.1 Å². The Balaban J connectivity index is 1.11. The van der Waals surface area contributed by atoms with Gasteiger partial charge in [0.1, 0.15) is 6.61 Å². The molecule has 2 bridgehead atoms. The van der Waals surface area contributed by atoms with E-state index in [0.29, 0.717) is 55.0 Å². The molecule has 2 aromatic rings. The maximum absolute atomic E-state index is 14.9. The SMILES string of the molecule is CO[C@@H]1C[C@@]23COC[C@@](C)([C@@H]2CC[C@H]2C3=CC[C@@]3(C)[C@H](C(=O)OCc4ccccc4)[C@@](C)([C@H](C)C(C)C)CC[C@]23C)[C@H]1OCC1(N(C)S(=O)(=O)c2ccc(C)cc2)CCCCC1. The molecule has 6 aliphatic rings. The van der Waals surface area contributed by atoms with E-state index in [2.05, 4.69) is 54.5 Å². The van der Waals surface area contributed by atoms with Gasteiger partial charge in [0, 0.05) is 25.0 Å². The summed E-state index contributed by atoms with van der Waals surface area (Å²) in [5.74, 6) is 1.14. The van der Waals surface area contributed by atoms with Crippen molar-refractivity contribution in [1.82, 2.24) is 4.31 Å². The lowest BCUT2D eigenvalue weighted by Crippen LogP contribution is -2.70. The first-order chi connectivity index (χ1) is 29.3. The zero-order valence-electron chi connectivity index (χ0n) is 39.6. The predicted molar refractivity (Wildman–Crippen MR) is 245 cm³/mol. The monoisotopic (exact) mass is 872 g/mol. The lowest BCUT2D eigenvalue weighted by atomic mass is 9.34. The van der Waals surface area contributed by atoms with Crippen molar-refractivity contribution in [3.8, 4) is 0 Å². The number of fused-ring (bicyclic) bond motifs is 3. The summed E-state index contributed by atoms with van der Waals surface area (Å²) in [4.78, 5) is 15.2. The van der Waals surface area contributed by atoms with Gasteiger partial charge in [-0.05, 0) is 116 Å². The van der Waals surface area contributed by atoms with E-state index >= 15 is 0 Å². The molecule has 0 radical (unpaired) electrons. The minimum atomic E-state index is -3.75. The third-order valence-electron chi connectivity index (χ3n) is 19.2. The van der Waals surface area contributed by atoms with Crippen LogP contribution >= 0.6 is 0 Å². The quantitative estimate of drug-likeness (QED) is 0.155. The molecule has 0 unspecified atom stereocenters. The van der Waals surface area contributed by atoms with Gasteiger partial charge in [0.2, 0.25) is 10.0 Å². The van der Waals surface area contributed by atoms with Crippen LogP contribution in [0, 0.1) is 63.6 Å². The average Bonchev–Trinajstić information content (AvgIpc) is 3.25. The molecule has 5 fully saturated rings. The molecule has 0 spiro atoms. The second kappa shape index (κ2) is 16.7. The number of hydrogen-bond donors (Lipinski definition) is 0. The van der Waals surface area contributed by atoms with E-state index in [1.807, 2.05) is 56.5 Å². The van der Waals surface area contributed by atoms with E-state index in [4.69, 9.17) is 18.9 Å². The molecular formula is C53H77NO7S.